The van der Waals surface area contributed by atoms with Crippen LogP contribution in [0.5, 0.6) is 0 Å². The average molecular weight is 448 g/mol. The molecule has 166 valence electrons. The van der Waals surface area contributed by atoms with Crippen LogP contribution in [0.1, 0.15) is 64.8 Å². The zero-order valence-electron chi connectivity index (χ0n) is 17.5. The second-order valence-electron chi connectivity index (χ2n) is 6.60. The number of benzene rings is 1. The number of carbonyl (C=O) groups is 3. The first kappa shape index (κ1) is 24.0. The third-order valence-electron chi connectivity index (χ3n) is 4.39. The first-order valence-corrected chi connectivity index (χ1v) is 11.3. The Labute approximate surface area is 181 Å². The van der Waals surface area contributed by atoms with Crippen LogP contribution >= 0.6 is 0 Å². The van der Waals surface area contributed by atoms with E-state index in [9.17, 15) is 22.8 Å². The van der Waals surface area contributed by atoms with Crippen molar-refractivity contribution < 1.29 is 27.5 Å². The molecule has 0 saturated carbocycles. The topological polar surface area (TPSA) is 132 Å². The van der Waals surface area contributed by atoms with E-state index >= 15 is 0 Å². The van der Waals surface area contributed by atoms with Gasteiger partial charge >= 0.3 is 5.97 Å². The lowest BCUT2D eigenvalue weighted by Gasteiger charge is -2.13. The predicted molar refractivity (Wildman–Crippen MR) is 113 cm³/mol. The van der Waals surface area contributed by atoms with Crippen molar-refractivity contribution >= 4 is 27.8 Å². The van der Waals surface area contributed by atoms with E-state index in [1.807, 2.05) is 18.6 Å². The maximum absolute atomic E-state index is 12.6. The highest BCUT2D eigenvalue weighted by molar-refractivity contribution is 7.90. The van der Waals surface area contributed by atoms with Crippen LogP contribution in [0.2, 0.25) is 0 Å². The maximum atomic E-state index is 12.6. The monoisotopic (exact) mass is 447 g/mol. The lowest BCUT2D eigenvalue weighted by Crippen LogP contribution is -2.31. The Hall–Kier alpha value is -3.27. The molecule has 0 atom stereocenters. The molecule has 0 fully saturated rings. The third kappa shape index (κ3) is 6.35. The molecule has 1 aromatic heterocycles. The Balaban J connectivity index is 2.13. The number of esters is 1. The summed E-state index contributed by atoms with van der Waals surface area (Å²) >= 11 is 0. The summed E-state index contributed by atoms with van der Waals surface area (Å²) in [5.74, 6) is -1.96. The summed E-state index contributed by atoms with van der Waals surface area (Å²) in [5, 5.41) is 2.57. The summed E-state index contributed by atoms with van der Waals surface area (Å²) in [4.78, 5) is 40.1. The quantitative estimate of drug-likeness (QED) is 0.564. The molecule has 0 saturated heterocycles. The van der Waals surface area contributed by atoms with E-state index in [4.69, 9.17) is 4.74 Å². The lowest BCUT2D eigenvalue weighted by atomic mass is 10.2. The number of hydrogen-bond donors (Lipinski definition) is 2. The second kappa shape index (κ2) is 10.7. The van der Waals surface area contributed by atoms with Gasteiger partial charge < -0.3 is 10.1 Å². The van der Waals surface area contributed by atoms with Gasteiger partial charge in [-0.2, -0.15) is 0 Å². The number of ether oxygens (including phenoxy) is 1. The number of nitrogens with one attached hydrogen (secondary N) is 2. The van der Waals surface area contributed by atoms with Crippen molar-refractivity contribution in [1.82, 2.24) is 15.0 Å². The van der Waals surface area contributed by atoms with Crippen LogP contribution in [0, 0.1) is 0 Å². The normalized spacial score (nSPS) is 11.1. The molecule has 2 N–H and O–H groups in total. The van der Waals surface area contributed by atoms with Crippen LogP contribution in [-0.2, 0) is 14.8 Å². The summed E-state index contributed by atoms with van der Waals surface area (Å²) in [7, 11) is -4.23. The molecule has 0 unspecified atom stereocenters. The van der Waals surface area contributed by atoms with E-state index in [0.717, 1.165) is 6.20 Å². The van der Waals surface area contributed by atoms with Crippen molar-refractivity contribution in [2.24, 2.45) is 0 Å². The van der Waals surface area contributed by atoms with E-state index in [0.29, 0.717) is 19.4 Å². The highest BCUT2D eigenvalue weighted by Crippen LogP contribution is 2.13. The number of nitrogens with zero attached hydrogens (tertiary/aromatic N) is 1. The van der Waals surface area contributed by atoms with Crippen LogP contribution in [0.3, 0.4) is 0 Å². The minimum absolute atomic E-state index is 0.0148. The molecular weight excluding hydrogens is 422 g/mol. The fourth-order valence-corrected chi connectivity index (χ4v) is 3.64. The third-order valence-corrected chi connectivity index (χ3v) is 5.72. The van der Waals surface area contributed by atoms with Gasteiger partial charge in [0.15, 0.2) is 0 Å². The van der Waals surface area contributed by atoms with Gasteiger partial charge in [0.1, 0.15) is 11.8 Å². The van der Waals surface area contributed by atoms with Gasteiger partial charge in [-0.3, -0.25) is 9.59 Å². The highest BCUT2D eigenvalue weighted by atomic mass is 32.2. The van der Waals surface area contributed by atoms with Gasteiger partial charge in [-0.05, 0) is 50.1 Å². The zero-order chi connectivity index (χ0) is 23.0. The molecule has 31 heavy (non-hydrogen) atoms. The van der Waals surface area contributed by atoms with Gasteiger partial charge in [-0.15, -0.1) is 0 Å². The van der Waals surface area contributed by atoms with E-state index in [1.54, 1.807) is 6.92 Å². The molecule has 1 heterocycles. The number of rotatable bonds is 9. The first-order chi connectivity index (χ1) is 14.7. The van der Waals surface area contributed by atoms with Gasteiger partial charge in [-0.1, -0.05) is 19.9 Å². The maximum Gasteiger partial charge on any atom is 0.357 e. The molecule has 2 aromatic rings. The molecule has 0 radical (unpaired) electrons. The summed E-state index contributed by atoms with van der Waals surface area (Å²) in [6.07, 6.45) is 2.21. The number of hydrogen-bond acceptors (Lipinski definition) is 7. The van der Waals surface area contributed by atoms with Crippen LogP contribution in [0.4, 0.5) is 0 Å². The van der Waals surface area contributed by atoms with Gasteiger partial charge in [-0.25, -0.2) is 22.9 Å². The first-order valence-electron chi connectivity index (χ1n) is 9.84. The largest absolute Gasteiger partial charge is 0.458 e. The van der Waals surface area contributed by atoms with Crippen molar-refractivity contribution in [2.75, 3.05) is 6.54 Å². The molecule has 10 heteroatoms. The predicted octanol–water partition coefficient (Wildman–Crippen LogP) is 2.30. The van der Waals surface area contributed by atoms with Crippen LogP contribution in [0.15, 0.2) is 47.5 Å². The molecular formula is C21H25N3O6S. The summed E-state index contributed by atoms with van der Waals surface area (Å²) in [6, 6.07) is 7.90. The van der Waals surface area contributed by atoms with E-state index in [1.165, 1.54) is 36.4 Å². The van der Waals surface area contributed by atoms with Crippen LogP contribution in [-0.4, -0.2) is 43.8 Å². The zero-order valence-corrected chi connectivity index (χ0v) is 18.4. The Morgan fingerprint density at radius 1 is 1.00 bits per heavy atom. The number of pyridine rings is 1. The van der Waals surface area contributed by atoms with Gasteiger partial charge in [0, 0.05) is 18.3 Å². The Morgan fingerprint density at radius 3 is 2.29 bits per heavy atom. The number of amides is 2. The SMILES string of the molecule is CCNC(=O)c1cccc(S(=O)(=O)NC(=O)c2ccc(C(=O)OC(CC)CC)nc2)c1. The fourth-order valence-electron chi connectivity index (χ4n) is 2.62. The van der Waals surface area contributed by atoms with Crippen molar-refractivity contribution in [3.8, 4) is 0 Å². The van der Waals surface area contributed by atoms with E-state index in [2.05, 4.69) is 10.3 Å². The minimum Gasteiger partial charge on any atom is -0.458 e. The Morgan fingerprint density at radius 2 is 1.71 bits per heavy atom. The molecule has 9 nitrogen and oxygen atoms in total. The number of carbonyl (C=O) groups excluding carboxylic acids is 3. The standard InChI is InChI=1S/C21H25N3O6S/c1-4-16(5-2)30-21(27)18-11-10-15(13-23-18)20(26)24-31(28,29)17-9-7-8-14(12-17)19(25)22-6-3/h7-13,16H,4-6H2,1-3H3,(H,22,25)(H,24,26). The Bertz CT molecular complexity index is 1050. The van der Waals surface area contributed by atoms with Crippen LogP contribution < -0.4 is 10.0 Å². The number of sulfonamides is 1. The second-order valence-corrected chi connectivity index (χ2v) is 8.28. The van der Waals surface area contributed by atoms with Crippen molar-refractivity contribution in [2.45, 2.75) is 44.6 Å². The molecule has 2 rings (SSSR count). The van der Waals surface area contributed by atoms with Gasteiger partial charge in [0.25, 0.3) is 21.8 Å². The van der Waals surface area contributed by atoms with Crippen molar-refractivity contribution in [3.63, 3.8) is 0 Å². The van der Waals surface area contributed by atoms with E-state index in [-0.39, 0.29) is 27.8 Å². The van der Waals surface area contributed by atoms with Crippen molar-refractivity contribution in [1.29, 1.82) is 0 Å². The molecule has 0 aliphatic rings. The molecule has 0 bridgehead atoms. The summed E-state index contributed by atoms with van der Waals surface area (Å²) in [6.45, 7) is 5.92. The fraction of sp³-hybridized carbons (Fsp3) is 0.333. The molecule has 2 amide bonds. The van der Waals surface area contributed by atoms with E-state index < -0.39 is 27.8 Å². The lowest BCUT2D eigenvalue weighted by molar-refractivity contribution is 0.0277. The summed E-state index contributed by atoms with van der Waals surface area (Å²) in [5.41, 5.74) is 0.114. The number of aromatic nitrogens is 1. The highest BCUT2D eigenvalue weighted by Gasteiger charge is 2.21. The summed E-state index contributed by atoms with van der Waals surface area (Å²) < 4.78 is 32.3. The van der Waals surface area contributed by atoms with Gasteiger partial charge in [0.2, 0.25) is 0 Å². The molecule has 0 aliphatic heterocycles. The minimum atomic E-state index is -4.23. The Kier molecular flexibility index (Phi) is 8.26. The molecule has 1 aromatic carbocycles. The van der Waals surface area contributed by atoms with Gasteiger partial charge in [0.05, 0.1) is 10.5 Å². The molecule has 0 spiro atoms. The van der Waals surface area contributed by atoms with Crippen LogP contribution in [0.25, 0.3) is 0 Å². The van der Waals surface area contributed by atoms with Crippen molar-refractivity contribution in [3.05, 3.63) is 59.4 Å². The average Bonchev–Trinajstić information content (AvgIpc) is 2.77. The smallest absolute Gasteiger partial charge is 0.357 e. The molecule has 0 aliphatic carbocycles.